The molecule has 1 aromatic carbocycles. The summed E-state index contributed by atoms with van der Waals surface area (Å²) in [5, 5.41) is 3.08. The minimum Gasteiger partial charge on any atom is -0.494 e. The Morgan fingerprint density at radius 1 is 1.29 bits per heavy atom. The number of nitrogens with zero attached hydrogens (tertiary/aromatic N) is 1. The van der Waals surface area contributed by atoms with Crippen molar-refractivity contribution in [1.29, 1.82) is 0 Å². The first-order valence-corrected chi connectivity index (χ1v) is 5.88. The number of nitrogens with one attached hydrogen (secondary N) is 1. The third-order valence-corrected chi connectivity index (χ3v) is 2.51. The molecule has 1 rings (SSSR count). The molecule has 4 heteroatoms. The van der Waals surface area contributed by atoms with E-state index in [9.17, 15) is 4.79 Å². The van der Waals surface area contributed by atoms with Crippen LogP contribution >= 0.6 is 0 Å². The third kappa shape index (κ3) is 4.34. The lowest BCUT2D eigenvalue weighted by molar-refractivity contribution is -0.127. The molecule has 0 unspecified atom stereocenters. The lowest BCUT2D eigenvalue weighted by Gasteiger charge is -2.15. The Kier molecular flexibility index (Phi) is 5.33. The molecule has 0 fully saturated rings. The van der Waals surface area contributed by atoms with Crippen molar-refractivity contribution in [1.82, 2.24) is 4.90 Å². The number of ether oxygens (including phenoxy) is 1. The van der Waals surface area contributed by atoms with Gasteiger partial charge in [-0.15, -0.1) is 0 Å². The first-order valence-electron chi connectivity index (χ1n) is 5.88. The lowest BCUT2D eigenvalue weighted by Crippen LogP contribution is -2.31. The molecule has 1 N–H and O–H groups in total. The predicted octanol–water partition coefficient (Wildman–Crippen LogP) is 1.98. The fourth-order valence-electron chi connectivity index (χ4n) is 1.32. The average molecular weight is 236 g/mol. The summed E-state index contributed by atoms with van der Waals surface area (Å²) in [4.78, 5) is 13.2. The van der Waals surface area contributed by atoms with Crippen molar-refractivity contribution in [2.75, 3.05) is 32.1 Å². The molecule has 0 radical (unpaired) electrons. The molecule has 1 amide bonds. The first-order chi connectivity index (χ1) is 8.17. The van der Waals surface area contributed by atoms with E-state index in [1.54, 1.807) is 11.9 Å². The zero-order valence-electron chi connectivity index (χ0n) is 10.7. The van der Waals surface area contributed by atoms with Crippen LogP contribution in [0.25, 0.3) is 0 Å². The fraction of sp³-hybridized carbons (Fsp3) is 0.462. The highest BCUT2D eigenvalue weighted by atomic mass is 16.5. The van der Waals surface area contributed by atoms with Gasteiger partial charge in [0, 0.05) is 19.3 Å². The molecule has 94 valence electrons. The second-order valence-electron chi connectivity index (χ2n) is 3.72. The lowest BCUT2D eigenvalue weighted by atomic mass is 10.3. The van der Waals surface area contributed by atoms with Gasteiger partial charge in [0.25, 0.3) is 0 Å². The number of likely N-dealkylation sites (N-methyl/N-ethyl adjacent to an activating group) is 1. The van der Waals surface area contributed by atoms with Crippen LogP contribution < -0.4 is 10.1 Å². The van der Waals surface area contributed by atoms with Crippen LogP contribution in [0.2, 0.25) is 0 Å². The molecule has 0 aliphatic heterocycles. The molecule has 0 atom stereocenters. The molecule has 0 saturated heterocycles. The molecular formula is C13H20N2O2. The van der Waals surface area contributed by atoms with Crippen LogP contribution in [-0.4, -0.2) is 37.6 Å². The van der Waals surface area contributed by atoms with Gasteiger partial charge in [0.05, 0.1) is 13.2 Å². The molecule has 0 aliphatic carbocycles. The van der Waals surface area contributed by atoms with Crippen molar-refractivity contribution in [3.05, 3.63) is 24.3 Å². The van der Waals surface area contributed by atoms with Crippen LogP contribution in [-0.2, 0) is 4.79 Å². The number of rotatable bonds is 6. The van der Waals surface area contributed by atoms with E-state index >= 15 is 0 Å². The Morgan fingerprint density at radius 2 is 1.94 bits per heavy atom. The molecule has 1 aromatic rings. The van der Waals surface area contributed by atoms with E-state index in [2.05, 4.69) is 5.32 Å². The highest BCUT2D eigenvalue weighted by Crippen LogP contribution is 2.15. The average Bonchev–Trinajstić information content (AvgIpc) is 2.37. The SMILES string of the molecule is CCOc1ccc(NCC(=O)N(C)CC)cc1. The van der Waals surface area contributed by atoms with Gasteiger partial charge in [-0.1, -0.05) is 0 Å². The molecule has 4 nitrogen and oxygen atoms in total. The van der Waals surface area contributed by atoms with Crippen molar-refractivity contribution in [2.45, 2.75) is 13.8 Å². The maximum absolute atomic E-state index is 11.6. The molecular weight excluding hydrogens is 216 g/mol. The van der Waals surface area contributed by atoms with Crippen molar-refractivity contribution in [3.63, 3.8) is 0 Å². The smallest absolute Gasteiger partial charge is 0.241 e. The Bertz CT molecular complexity index is 349. The topological polar surface area (TPSA) is 41.6 Å². The summed E-state index contributed by atoms with van der Waals surface area (Å²) in [6.07, 6.45) is 0. The zero-order valence-corrected chi connectivity index (χ0v) is 10.7. The van der Waals surface area contributed by atoms with E-state index in [4.69, 9.17) is 4.74 Å². The highest BCUT2D eigenvalue weighted by Gasteiger charge is 2.05. The van der Waals surface area contributed by atoms with Gasteiger partial charge in [-0.3, -0.25) is 4.79 Å². The van der Waals surface area contributed by atoms with Crippen LogP contribution in [0.15, 0.2) is 24.3 Å². The quantitative estimate of drug-likeness (QED) is 0.821. The summed E-state index contributed by atoms with van der Waals surface area (Å²) < 4.78 is 5.34. The van der Waals surface area contributed by atoms with Gasteiger partial charge in [-0.05, 0) is 38.1 Å². The monoisotopic (exact) mass is 236 g/mol. The van der Waals surface area contributed by atoms with Crippen molar-refractivity contribution in [2.24, 2.45) is 0 Å². The Morgan fingerprint density at radius 3 is 2.47 bits per heavy atom. The number of amides is 1. The molecule has 0 aromatic heterocycles. The number of benzene rings is 1. The van der Waals surface area contributed by atoms with Gasteiger partial charge in [0.15, 0.2) is 0 Å². The Balaban J connectivity index is 2.44. The number of hydrogen-bond donors (Lipinski definition) is 1. The number of carbonyl (C=O) groups is 1. The molecule has 0 heterocycles. The van der Waals surface area contributed by atoms with E-state index in [0.717, 1.165) is 18.0 Å². The van der Waals surface area contributed by atoms with E-state index in [0.29, 0.717) is 13.2 Å². The van der Waals surface area contributed by atoms with Crippen molar-refractivity contribution < 1.29 is 9.53 Å². The largest absolute Gasteiger partial charge is 0.494 e. The van der Waals surface area contributed by atoms with Gasteiger partial charge in [0.2, 0.25) is 5.91 Å². The van der Waals surface area contributed by atoms with E-state index in [1.807, 2.05) is 38.1 Å². The van der Waals surface area contributed by atoms with E-state index < -0.39 is 0 Å². The van der Waals surface area contributed by atoms with Crippen LogP contribution in [0.4, 0.5) is 5.69 Å². The van der Waals surface area contributed by atoms with Crippen LogP contribution in [0.1, 0.15) is 13.8 Å². The standard InChI is InChI=1S/C13H20N2O2/c1-4-15(3)13(16)10-14-11-6-8-12(9-7-11)17-5-2/h6-9,14H,4-5,10H2,1-3H3. The predicted molar refractivity (Wildman–Crippen MR) is 69.4 cm³/mol. The van der Waals surface area contributed by atoms with Crippen LogP contribution in [0.3, 0.4) is 0 Å². The number of hydrogen-bond acceptors (Lipinski definition) is 3. The van der Waals surface area contributed by atoms with Crippen LogP contribution in [0.5, 0.6) is 5.75 Å². The van der Waals surface area contributed by atoms with Gasteiger partial charge < -0.3 is 15.0 Å². The van der Waals surface area contributed by atoms with Crippen LogP contribution in [0, 0.1) is 0 Å². The normalized spacial score (nSPS) is 9.82. The fourth-order valence-corrected chi connectivity index (χ4v) is 1.32. The number of anilines is 1. The van der Waals surface area contributed by atoms with E-state index in [-0.39, 0.29) is 5.91 Å². The number of carbonyl (C=O) groups excluding carboxylic acids is 1. The zero-order chi connectivity index (χ0) is 12.7. The van der Waals surface area contributed by atoms with Gasteiger partial charge in [-0.25, -0.2) is 0 Å². The summed E-state index contributed by atoms with van der Waals surface area (Å²) >= 11 is 0. The maximum Gasteiger partial charge on any atom is 0.241 e. The van der Waals surface area contributed by atoms with Crippen molar-refractivity contribution >= 4 is 11.6 Å². The summed E-state index contributed by atoms with van der Waals surface area (Å²) in [5.74, 6) is 0.927. The van der Waals surface area contributed by atoms with Gasteiger partial charge >= 0.3 is 0 Å². The highest BCUT2D eigenvalue weighted by molar-refractivity contribution is 5.80. The maximum atomic E-state index is 11.6. The second-order valence-corrected chi connectivity index (χ2v) is 3.72. The van der Waals surface area contributed by atoms with E-state index in [1.165, 1.54) is 0 Å². The summed E-state index contributed by atoms with van der Waals surface area (Å²) in [6.45, 7) is 5.61. The second kappa shape index (κ2) is 6.78. The van der Waals surface area contributed by atoms with Gasteiger partial charge in [-0.2, -0.15) is 0 Å². The first kappa shape index (κ1) is 13.4. The minimum atomic E-state index is 0.0846. The molecule has 0 aliphatic rings. The van der Waals surface area contributed by atoms with Gasteiger partial charge in [0.1, 0.15) is 5.75 Å². The molecule has 0 bridgehead atoms. The molecule has 0 saturated carbocycles. The summed E-state index contributed by atoms with van der Waals surface area (Å²) in [6, 6.07) is 7.59. The minimum absolute atomic E-state index is 0.0846. The van der Waals surface area contributed by atoms with Crippen molar-refractivity contribution in [3.8, 4) is 5.75 Å². The molecule has 0 spiro atoms. The summed E-state index contributed by atoms with van der Waals surface area (Å²) in [7, 11) is 1.79. The Hall–Kier alpha value is -1.71. The third-order valence-electron chi connectivity index (χ3n) is 2.51. The Labute approximate surface area is 103 Å². The summed E-state index contributed by atoms with van der Waals surface area (Å²) in [5.41, 5.74) is 0.923. The molecule has 17 heavy (non-hydrogen) atoms.